The van der Waals surface area contributed by atoms with Crippen molar-refractivity contribution in [1.29, 1.82) is 0 Å². The highest BCUT2D eigenvalue weighted by Crippen LogP contribution is 2.13. The number of amides is 1. The molecule has 0 unspecified atom stereocenters. The third-order valence-corrected chi connectivity index (χ3v) is 3.94. The van der Waals surface area contributed by atoms with Crippen LogP contribution in [0.15, 0.2) is 47.1 Å². The molecule has 23 heavy (non-hydrogen) atoms. The van der Waals surface area contributed by atoms with Gasteiger partial charge in [0.25, 0.3) is 5.91 Å². The Morgan fingerprint density at radius 2 is 1.87 bits per heavy atom. The van der Waals surface area contributed by atoms with Crippen LogP contribution >= 0.6 is 0 Å². The van der Waals surface area contributed by atoms with E-state index in [-0.39, 0.29) is 11.9 Å². The fourth-order valence-corrected chi connectivity index (χ4v) is 2.36. The Balaban J connectivity index is 1.82. The number of nitrogens with zero attached hydrogens (tertiary/aromatic N) is 2. The summed E-state index contributed by atoms with van der Waals surface area (Å²) in [5.41, 5.74) is 2.29. The van der Waals surface area contributed by atoms with E-state index in [1.807, 2.05) is 45.5 Å². The van der Waals surface area contributed by atoms with Crippen LogP contribution in [0.4, 0.5) is 5.69 Å². The summed E-state index contributed by atoms with van der Waals surface area (Å²) in [7, 11) is 5.87. The molecule has 0 bridgehead atoms. The zero-order valence-corrected chi connectivity index (χ0v) is 14.3. The molecule has 1 amide bonds. The second-order valence-corrected chi connectivity index (χ2v) is 6.05. The van der Waals surface area contributed by atoms with Crippen molar-refractivity contribution < 1.29 is 14.5 Å². The Morgan fingerprint density at radius 1 is 1.17 bits per heavy atom. The largest absolute Gasteiger partial charge is 0.463 e. The zero-order valence-electron chi connectivity index (χ0n) is 14.3. The van der Waals surface area contributed by atoms with Crippen LogP contribution in [0.2, 0.25) is 0 Å². The van der Waals surface area contributed by atoms with Crippen molar-refractivity contribution in [2.75, 3.05) is 32.6 Å². The van der Waals surface area contributed by atoms with Crippen LogP contribution in [0, 0.1) is 0 Å². The first-order chi connectivity index (χ1) is 11.0. The quantitative estimate of drug-likeness (QED) is 0.845. The van der Waals surface area contributed by atoms with Crippen molar-refractivity contribution in [2.24, 2.45) is 0 Å². The maximum atomic E-state index is 12.3. The molecule has 0 fully saturated rings. The normalized spacial score (nSPS) is 12.0. The first-order valence-electron chi connectivity index (χ1n) is 7.84. The standard InChI is InChI=1S/C18H25N3O2/c1-14(17-6-5-11-23-17)19-12-18(22)21(4)13-15-7-9-16(10-8-15)20(2)3/h5-11,14,19H,12-13H2,1-4H3/p+1/t14-/m0/s1. The number of likely N-dealkylation sites (N-methyl/N-ethyl adjacent to an activating group) is 1. The minimum Gasteiger partial charge on any atom is -0.463 e. The van der Waals surface area contributed by atoms with Gasteiger partial charge in [-0.15, -0.1) is 0 Å². The van der Waals surface area contributed by atoms with E-state index in [1.54, 1.807) is 11.2 Å². The van der Waals surface area contributed by atoms with E-state index in [2.05, 4.69) is 29.2 Å². The van der Waals surface area contributed by atoms with Crippen molar-refractivity contribution >= 4 is 11.6 Å². The van der Waals surface area contributed by atoms with Crippen LogP contribution in [0.25, 0.3) is 0 Å². The van der Waals surface area contributed by atoms with Crippen LogP contribution in [-0.4, -0.2) is 38.5 Å². The fraction of sp³-hybridized carbons (Fsp3) is 0.389. The lowest BCUT2D eigenvalue weighted by atomic mass is 10.2. The summed E-state index contributed by atoms with van der Waals surface area (Å²) in [6.07, 6.45) is 1.66. The number of hydrogen-bond acceptors (Lipinski definition) is 3. The molecular formula is C18H26N3O2+. The molecule has 2 rings (SSSR count). The van der Waals surface area contributed by atoms with Crippen LogP contribution in [0.1, 0.15) is 24.3 Å². The van der Waals surface area contributed by atoms with E-state index in [0.717, 1.165) is 17.0 Å². The van der Waals surface area contributed by atoms with Gasteiger partial charge in [0.15, 0.2) is 12.3 Å². The molecule has 0 spiro atoms. The molecule has 1 aromatic heterocycles. The van der Waals surface area contributed by atoms with E-state index >= 15 is 0 Å². The third kappa shape index (κ3) is 4.86. The number of carbonyl (C=O) groups excluding carboxylic acids is 1. The van der Waals surface area contributed by atoms with Gasteiger partial charge in [-0.25, -0.2) is 0 Å². The summed E-state index contributed by atoms with van der Waals surface area (Å²) in [5.74, 6) is 1.000. The van der Waals surface area contributed by atoms with E-state index in [9.17, 15) is 4.79 Å². The molecular weight excluding hydrogens is 290 g/mol. The molecule has 2 aromatic rings. The zero-order chi connectivity index (χ0) is 16.8. The Morgan fingerprint density at radius 3 is 2.43 bits per heavy atom. The highest BCUT2D eigenvalue weighted by atomic mass is 16.3. The van der Waals surface area contributed by atoms with Crippen LogP contribution < -0.4 is 10.2 Å². The van der Waals surface area contributed by atoms with Gasteiger partial charge in [-0.3, -0.25) is 4.79 Å². The lowest BCUT2D eigenvalue weighted by Crippen LogP contribution is -2.86. The van der Waals surface area contributed by atoms with Crippen molar-refractivity contribution in [2.45, 2.75) is 19.5 Å². The van der Waals surface area contributed by atoms with Gasteiger partial charge in [0.2, 0.25) is 0 Å². The van der Waals surface area contributed by atoms with E-state index in [4.69, 9.17) is 4.42 Å². The van der Waals surface area contributed by atoms with E-state index in [1.165, 1.54) is 0 Å². The predicted octanol–water partition coefficient (Wildman–Crippen LogP) is 1.63. The van der Waals surface area contributed by atoms with Crippen LogP contribution in [-0.2, 0) is 11.3 Å². The number of anilines is 1. The topological polar surface area (TPSA) is 53.3 Å². The van der Waals surface area contributed by atoms with Crippen molar-refractivity contribution in [3.05, 3.63) is 54.0 Å². The summed E-state index contributed by atoms with van der Waals surface area (Å²) in [6.45, 7) is 3.07. The Hall–Kier alpha value is -2.27. The van der Waals surface area contributed by atoms with Gasteiger partial charge in [-0.2, -0.15) is 0 Å². The van der Waals surface area contributed by atoms with Gasteiger partial charge >= 0.3 is 0 Å². The number of carbonyl (C=O) groups is 1. The van der Waals surface area contributed by atoms with Crippen molar-refractivity contribution in [1.82, 2.24) is 4.90 Å². The molecule has 1 atom stereocenters. The van der Waals surface area contributed by atoms with Gasteiger partial charge < -0.3 is 19.5 Å². The van der Waals surface area contributed by atoms with Gasteiger partial charge in [0.1, 0.15) is 6.04 Å². The predicted molar refractivity (Wildman–Crippen MR) is 91.2 cm³/mol. The third-order valence-electron chi connectivity index (χ3n) is 3.94. The lowest BCUT2D eigenvalue weighted by molar-refractivity contribution is -0.685. The second-order valence-electron chi connectivity index (χ2n) is 6.05. The van der Waals surface area contributed by atoms with E-state index in [0.29, 0.717) is 13.1 Å². The average Bonchev–Trinajstić information content (AvgIpc) is 3.07. The first-order valence-corrected chi connectivity index (χ1v) is 7.84. The SMILES string of the molecule is C[C@H]([NH2+]CC(=O)N(C)Cc1ccc(N(C)C)cc1)c1ccco1. The Bertz CT molecular complexity index is 606. The average molecular weight is 316 g/mol. The van der Waals surface area contributed by atoms with Crippen LogP contribution in [0.3, 0.4) is 0 Å². The van der Waals surface area contributed by atoms with E-state index < -0.39 is 0 Å². The molecule has 124 valence electrons. The maximum absolute atomic E-state index is 12.3. The highest BCUT2D eigenvalue weighted by Gasteiger charge is 2.16. The minimum absolute atomic E-state index is 0.111. The molecule has 5 heteroatoms. The molecule has 0 aliphatic carbocycles. The molecule has 0 aliphatic rings. The number of rotatable bonds is 7. The van der Waals surface area contributed by atoms with Crippen molar-refractivity contribution in [3.8, 4) is 0 Å². The molecule has 0 saturated carbocycles. The number of furan rings is 1. The van der Waals surface area contributed by atoms with Crippen LogP contribution in [0.5, 0.6) is 0 Å². The number of quaternary nitrogens is 1. The van der Waals surface area contributed by atoms with Gasteiger partial charge in [0.05, 0.1) is 6.26 Å². The summed E-state index contributed by atoms with van der Waals surface area (Å²) in [6, 6.07) is 12.2. The molecule has 5 nitrogen and oxygen atoms in total. The van der Waals surface area contributed by atoms with Gasteiger partial charge in [0, 0.05) is 33.4 Å². The molecule has 1 heterocycles. The maximum Gasteiger partial charge on any atom is 0.277 e. The minimum atomic E-state index is 0.111. The molecule has 0 saturated heterocycles. The summed E-state index contributed by atoms with van der Waals surface area (Å²) >= 11 is 0. The summed E-state index contributed by atoms with van der Waals surface area (Å²) in [5, 5.41) is 1.99. The number of hydrogen-bond donors (Lipinski definition) is 1. The summed E-state index contributed by atoms with van der Waals surface area (Å²) in [4.78, 5) is 16.1. The summed E-state index contributed by atoms with van der Waals surface area (Å²) < 4.78 is 5.35. The molecule has 1 aromatic carbocycles. The fourth-order valence-electron chi connectivity index (χ4n) is 2.36. The lowest BCUT2D eigenvalue weighted by Gasteiger charge is -2.18. The number of benzene rings is 1. The second kappa shape index (κ2) is 7.83. The Kier molecular flexibility index (Phi) is 5.82. The smallest absolute Gasteiger partial charge is 0.277 e. The van der Waals surface area contributed by atoms with Crippen molar-refractivity contribution in [3.63, 3.8) is 0 Å². The molecule has 0 radical (unpaired) electrons. The van der Waals surface area contributed by atoms with Gasteiger partial charge in [-0.05, 0) is 36.8 Å². The monoisotopic (exact) mass is 316 g/mol. The highest BCUT2D eigenvalue weighted by molar-refractivity contribution is 5.76. The number of nitrogens with two attached hydrogens (primary N) is 1. The van der Waals surface area contributed by atoms with Gasteiger partial charge in [-0.1, -0.05) is 12.1 Å². The Labute approximate surface area is 137 Å². The first kappa shape index (κ1) is 17.1. The molecule has 0 aliphatic heterocycles. The molecule has 2 N–H and O–H groups in total.